The number of nitrogens with one attached hydrogen (secondary N) is 1. The fourth-order valence-electron chi connectivity index (χ4n) is 3.27. The van der Waals surface area contributed by atoms with Crippen molar-refractivity contribution >= 4 is 40.1 Å². The molecule has 7 nitrogen and oxygen atoms in total. The molecule has 30 heavy (non-hydrogen) atoms. The van der Waals surface area contributed by atoms with Crippen LogP contribution >= 0.6 is 11.8 Å². The summed E-state index contributed by atoms with van der Waals surface area (Å²) in [6.45, 7) is 0. The van der Waals surface area contributed by atoms with Crippen LogP contribution in [0.15, 0.2) is 53.5 Å². The molecule has 156 valence electrons. The maximum Gasteiger partial charge on any atom is 0.242 e. The second kappa shape index (κ2) is 8.79. The van der Waals surface area contributed by atoms with E-state index < -0.39 is 5.25 Å². The number of rotatable bonds is 7. The van der Waals surface area contributed by atoms with Gasteiger partial charge in [-0.2, -0.15) is 0 Å². The molecule has 2 aromatic carbocycles. The van der Waals surface area contributed by atoms with E-state index in [1.54, 1.807) is 30.2 Å². The lowest BCUT2D eigenvalue weighted by atomic mass is 10.2. The van der Waals surface area contributed by atoms with Crippen LogP contribution in [-0.2, 0) is 9.59 Å². The number of para-hydroxylation sites is 1. The number of benzene rings is 2. The molecule has 0 radical (unpaired) electrons. The molecule has 2 aliphatic rings. The van der Waals surface area contributed by atoms with Crippen molar-refractivity contribution in [2.75, 3.05) is 19.5 Å². The van der Waals surface area contributed by atoms with Gasteiger partial charge in [0, 0.05) is 24.2 Å². The van der Waals surface area contributed by atoms with Crippen LogP contribution in [0.3, 0.4) is 0 Å². The topological polar surface area (TPSA) is 80.2 Å². The van der Waals surface area contributed by atoms with Crippen LogP contribution in [0.4, 0.5) is 11.4 Å². The van der Waals surface area contributed by atoms with Gasteiger partial charge in [0.1, 0.15) is 5.25 Å². The van der Waals surface area contributed by atoms with Crippen molar-refractivity contribution in [2.45, 2.75) is 30.6 Å². The van der Waals surface area contributed by atoms with E-state index in [1.807, 2.05) is 30.3 Å². The van der Waals surface area contributed by atoms with Gasteiger partial charge in [0.25, 0.3) is 0 Å². The van der Waals surface area contributed by atoms with Gasteiger partial charge >= 0.3 is 0 Å². The SMILES string of the molecule is COc1ccc(NC(=O)CC2SC(=Nc3ccccc3)N(C3CC3)C2=O)cc1OC. The zero-order valence-electron chi connectivity index (χ0n) is 16.8. The Balaban J connectivity index is 1.46. The van der Waals surface area contributed by atoms with E-state index in [2.05, 4.69) is 10.3 Å². The summed E-state index contributed by atoms with van der Waals surface area (Å²) in [6, 6.07) is 14.9. The molecule has 8 heteroatoms. The van der Waals surface area contributed by atoms with Crippen molar-refractivity contribution in [1.29, 1.82) is 0 Å². The van der Waals surface area contributed by atoms with Crippen LogP contribution < -0.4 is 14.8 Å². The number of thioether (sulfide) groups is 1. The zero-order chi connectivity index (χ0) is 21.1. The second-order valence-electron chi connectivity index (χ2n) is 7.10. The Morgan fingerprint density at radius 2 is 1.87 bits per heavy atom. The van der Waals surface area contributed by atoms with E-state index in [0.717, 1.165) is 18.5 Å². The molecular weight excluding hydrogens is 402 g/mol. The van der Waals surface area contributed by atoms with Crippen molar-refractivity contribution in [3.63, 3.8) is 0 Å². The Labute approximate surface area is 179 Å². The highest BCUT2D eigenvalue weighted by atomic mass is 32.2. The van der Waals surface area contributed by atoms with E-state index in [9.17, 15) is 9.59 Å². The number of ether oxygens (including phenoxy) is 2. The van der Waals surface area contributed by atoms with E-state index >= 15 is 0 Å². The van der Waals surface area contributed by atoms with Crippen LogP contribution in [0.25, 0.3) is 0 Å². The Morgan fingerprint density at radius 1 is 1.13 bits per heavy atom. The molecule has 0 aromatic heterocycles. The summed E-state index contributed by atoms with van der Waals surface area (Å²) in [5, 5.41) is 3.04. The van der Waals surface area contributed by atoms with Crippen molar-refractivity contribution in [3.8, 4) is 11.5 Å². The van der Waals surface area contributed by atoms with Crippen LogP contribution in [0.5, 0.6) is 11.5 Å². The average Bonchev–Trinajstić information content (AvgIpc) is 3.54. The number of aliphatic imine (C=N–C) groups is 1. The predicted molar refractivity (Wildman–Crippen MR) is 118 cm³/mol. The molecule has 0 bridgehead atoms. The monoisotopic (exact) mass is 425 g/mol. The van der Waals surface area contributed by atoms with Crippen molar-refractivity contribution in [3.05, 3.63) is 48.5 Å². The predicted octanol–water partition coefficient (Wildman–Crippen LogP) is 3.83. The lowest BCUT2D eigenvalue weighted by Crippen LogP contribution is -2.35. The molecule has 4 rings (SSSR count). The van der Waals surface area contributed by atoms with Gasteiger partial charge in [-0.3, -0.25) is 14.5 Å². The molecular formula is C22H23N3O4S. The summed E-state index contributed by atoms with van der Waals surface area (Å²) in [4.78, 5) is 32.0. The number of nitrogens with zero attached hydrogens (tertiary/aromatic N) is 2. The minimum absolute atomic E-state index is 0.0420. The minimum atomic E-state index is -0.479. The van der Waals surface area contributed by atoms with Crippen molar-refractivity contribution in [2.24, 2.45) is 4.99 Å². The van der Waals surface area contributed by atoms with Crippen LogP contribution in [0.1, 0.15) is 19.3 Å². The first-order valence-electron chi connectivity index (χ1n) is 9.74. The molecule has 2 aromatic rings. The van der Waals surface area contributed by atoms with Gasteiger partial charge in [0.2, 0.25) is 11.8 Å². The highest BCUT2D eigenvalue weighted by molar-refractivity contribution is 8.15. The molecule has 2 fully saturated rings. The maximum absolute atomic E-state index is 13.0. The molecule has 1 saturated carbocycles. The number of methoxy groups -OCH3 is 2. The third-order valence-electron chi connectivity index (χ3n) is 4.90. The number of hydrogen-bond donors (Lipinski definition) is 1. The normalized spacial score (nSPS) is 19.8. The Kier molecular flexibility index (Phi) is 5.94. The second-order valence-corrected chi connectivity index (χ2v) is 8.27. The van der Waals surface area contributed by atoms with E-state index in [-0.39, 0.29) is 24.3 Å². The zero-order valence-corrected chi connectivity index (χ0v) is 17.6. The molecule has 1 aliphatic carbocycles. The lowest BCUT2D eigenvalue weighted by molar-refractivity contribution is -0.128. The Bertz CT molecular complexity index is 976. The number of carbonyl (C=O) groups excluding carboxylic acids is 2. The smallest absolute Gasteiger partial charge is 0.242 e. The highest BCUT2D eigenvalue weighted by Gasteiger charge is 2.46. The fourth-order valence-corrected chi connectivity index (χ4v) is 4.48. The number of carbonyl (C=O) groups is 2. The fraction of sp³-hybridized carbons (Fsp3) is 0.318. The summed E-state index contributed by atoms with van der Waals surface area (Å²) in [5.74, 6) is 0.835. The minimum Gasteiger partial charge on any atom is -0.493 e. The maximum atomic E-state index is 13.0. The van der Waals surface area contributed by atoms with Gasteiger partial charge < -0.3 is 14.8 Å². The van der Waals surface area contributed by atoms with Crippen molar-refractivity contribution in [1.82, 2.24) is 4.90 Å². The van der Waals surface area contributed by atoms with E-state index in [1.165, 1.54) is 18.9 Å². The van der Waals surface area contributed by atoms with Crippen LogP contribution in [0, 0.1) is 0 Å². The van der Waals surface area contributed by atoms with Gasteiger partial charge in [-0.05, 0) is 37.1 Å². The molecule has 0 spiro atoms. The molecule has 1 N–H and O–H groups in total. The third kappa shape index (κ3) is 4.43. The van der Waals surface area contributed by atoms with Crippen LogP contribution in [-0.4, -0.2) is 47.4 Å². The first kappa shape index (κ1) is 20.3. The Morgan fingerprint density at radius 3 is 2.53 bits per heavy atom. The summed E-state index contributed by atoms with van der Waals surface area (Å²) in [6.07, 6.45) is 2.03. The number of amides is 2. The van der Waals surface area contributed by atoms with Gasteiger partial charge in [-0.25, -0.2) is 4.99 Å². The van der Waals surface area contributed by atoms with Gasteiger partial charge in [0.15, 0.2) is 16.7 Å². The molecule has 1 heterocycles. The first-order chi connectivity index (χ1) is 14.6. The Hall–Kier alpha value is -3.00. The molecule has 1 unspecified atom stereocenters. The number of anilines is 1. The molecule has 1 atom stereocenters. The molecule has 1 aliphatic heterocycles. The summed E-state index contributed by atoms with van der Waals surface area (Å²) >= 11 is 1.36. The molecule has 1 saturated heterocycles. The van der Waals surface area contributed by atoms with Gasteiger partial charge in [0.05, 0.1) is 19.9 Å². The van der Waals surface area contributed by atoms with Crippen molar-refractivity contribution < 1.29 is 19.1 Å². The number of amidine groups is 1. The quantitative estimate of drug-likeness (QED) is 0.729. The standard InChI is InChI=1S/C22H23N3O4S/c1-28-17-11-8-15(12-18(17)29-2)23-20(26)13-19-21(27)25(16-9-10-16)22(30-19)24-14-6-4-3-5-7-14/h3-8,11-12,16,19H,9-10,13H2,1-2H3,(H,23,26). The number of hydrogen-bond acceptors (Lipinski definition) is 6. The summed E-state index contributed by atoms with van der Waals surface area (Å²) in [5.41, 5.74) is 1.39. The van der Waals surface area contributed by atoms with E-state index in [0.29, 0.717) is 22.4 Å². The summed E-state index contributed by atoms with van der Waals surface area (Å²) < 4.78 is 10.5. The third-order valence-corrected chi connectivity index (χ3v) is 6.05. The van der Waals surface area contributed by atoms with Gasteiger partial charge in [-0.15, -0.1) is 0 Å². The first-order valence-corrected chi connectivity index (χ1v) is 10.6. The lowest BCUT2D eigenvalue weighted by Gasteiger charge is -2.15. The van der Waals surface area contributed by atoms with E-state index in [4.69, 9.17) is 9.47 Å². The largest absolute Gasteiger partial charge is 0.493 e. The van der Waals surface area contributed by atoms with Crippen LogP contribution in [0.2, 0.25) is 0 Å². The summed E-state index contributed by atoms with van der Waals surface area (Å²) in [7, 11) is 3.09. The molecule has 2 amide bonds. The van der Waals surface area contributed by atoms with Gasteiger partial charge in [-0.1, -0.05) is 30.0 Å². The average molecular weight is 426 g/mol. The highest BCUT2D eigenvalue weighted by Crippen LogP contribution is 2.39.